The fourth-order valence-electron chi connectivity index (χ4n) is 5.91. The lowest BCUT2D eigenvalue weighted by Crippen LogP contribution is -2.48. The second kappa shape index (κ2) is 12.4. The molecule has 2 fully saturated rings. The molecule has 1 saturated carbocycles. The number of piperidine rings is 1. The number of carboxylic acids is 1. The number of furan rings is 1. The van der Waals surface area contributed by atoms with E-state index >= 15 is 0 Å². The first-order chi connectivity index (χ1) is 17.8. The highest BCUT2D eigenvalue weighted by atomic mass is 16.4. The van der Waals surface area contributed by atoms with Crippen LogP contribution >= 0.6 is 0 Å². The molecule has 2 amide bonds. The first kappa shape index (κ1) is 26.9. The summed E-state index contributed by atoms with van der Waals surface area (Å²) < 4.78 is 5.45. The SMILES string of the molecule is Cc1ccc(N(C(=O)c2ccco2)C2CCN(CCC3(CC(=O)NCC(=O)O)CCCCC3)CC2)cc1. The Hall–Kier alpha value is -3.13. The molecule has 1 saturated heterocycles. The van der Waals surface area contributed by atoms with E-state index in [0.717, 1.165) is 75.8 Å². The van der Waals surface area contributed by atoms with E-state index in [2.05, 4.69) is 10.2 Å². The number of likely N-dealkylation sites (tertiary alicyclic amines) is 1. The molecule has 0 bridgehead atoms. The number of amides is 2. The monoisotopic (exact) mass is 509 g/mol. The summed E-state index contributed by atoms with van der Waals surface area (Å²) in [4.78, 5) is 41.1. The fourth-order valence-corrected chi connectivity index (χ4v) is 5.91. The van der Waals surface area contributed by atoms with Crippen LogP contribution in [0.2, 0.25) is 0 Å². The number of nitrogens with zero attached hydrogens (tertiary/aromatic N) is 2. The first-order valence-corrected chi connectivity index (χ1v) is 13.5. The van der Waals surface area contributed by atoms with E-state index in [4.69, 9.17) is 9.52 Å². The van der Waals surface area contributed by atoms with Crippen LogP contribution in [0.5, 0.6) is 0 Å². The molecule has 4 rings (SSSR count). The molecular weight excluding hydrogens is 470 g/mol. The van der Waals surface area contributed by atoms with Gasteiger partial charge in [-0.25, -0.2) is 0 Å². The topological polar surface area (TPSA) is 103 Å². The number of hydrogen-bond donors (Lipinski definition) is 2. The lowest BCUT2D eigenvalue weighted by molar-refractivity contribution is -0.138. The van der Waals surface area contributed by atoms with Gasteiger partial charge < -0.3 is 24.6 Å². The van der Waals surface area contributed by atoms with Crippen molar-refractivity contribution >= 4 is 23.5 Å². The molecule has 1 aromatic carbocycles. The number of benzene rings is 1. The van der Waals surface area contributed by atoms with Gasteiger partial charge in [0.1, 0.15) is 6.54 Å². The van der Waals surface area contributed by atoms with E-state index in [1.165, 1.54) is 12.7 Å². The number of rotatable bonds is 10. The number of aliphatic carboxylic acids is 1. The van der Waals surface area contributed by atoms with Crippen LogP contribution in [0.15, 0.2) is 47.1 Å². The minimum atomic E-state index is -1.01. The lowest BCUT2D eigenvalue weighted by atomic mass is 9.69. The number of nitrogens with one attached hydrogen (secondary N) is 1. The number of hydrogen-bond acceptors (Lipinski definition) is 5. The van der Waals surface area contributed by atoms with Crippen molar-refractivity contribution in [3.05, 3.63) is 54.0 Å². The van der Waals surface area contributed by atoms with Crippen molar-refractivity contribution < 1.29 is 23.9 Å². The molecule has 8 nitrogen and oxygen atoms in total. The van der Waals surface area contributed by atoms with Crippen LogP contribution < -0.4 is 10.2 Å². The number of carboxylic acid groups (broad SMARTS) is 1. The predicted molar refractivity (Wildman–Crippen MR) is 142 cm³/mol. The Morgan fingerprint density at radius 1 is 1.08 bits per heavy atom. The van der Waals surface area contributed by atoms with Gasteiger partial charge in [0.15, 0.2) is 5.76 Å². The van der Waals surface area contributed by atoms with Crippen molar-refractivity contribution in [1.29, 1.82) is 0 Å². The standard InChI is InChI=1S/C29H39N3O5/c1-22-7-9-23(10-8-22)32(28(36)25-6-5-19-37-25)24-11-16-31(17-12-24)18-15-29(13-3-2-4-14-29)20-26(33)30-21-27(34)35/h5-10,19,24H,2-4,11-18,20-21H2,1H3,(H,30,33)(H,34,35). The van der Waals surface area contributed by atoms with Crippen molar-refractivity contribution in [2.45, 2.75) is 70.8 Å². The predicted octanol–water partition coefficient (Wildman–Crippen LogP) is 4.63. The summed E-state index contributed by atoms with van der Waals surface area (Å²) in [6.45, 7) is 4.40. The smallest absolute Gasteiger partial charge is 0.322 e. The summed E-state index contributed by atoms with van der Waals surface area (Å²) in [5.41, 5.74) is 1.98. The van der Waals surface area contributed by atoms with Crippen LogP contribution in [-0.2, 0) is 9.59 Å². The quantitative estimate of drug-likeness (QED) is 0.484. The first-order valence-electron chi connectivity index (χ1n) is 13.5. The summed E-state index contributed by atoms with van der Waals surface area (Å²) in [5, 5.41) is 11.4. The molecule has 1 aliphatic carbocycles. The molecular formula is C29H39N3O5. The molecule has 1 aliphatic heterocycles. The van der Waals surface area contributed by atoms with Gasteiger partial charge in [-0.3, -0.25) is 14.4 Å². The number of aryl methyl sites for hydroxylation is 1. The summed E-state index contributed by atoms with van der Waals surface area (Å²) in [6, 6.07) is 11.6. The summed E-state index contributed by atoms with van der Waals surface area (Å²) >= 11 is 0. The van der Waals surface area contributed by atoms with Gasteiger partial charge in [0.05, 0.1) is 6.26 Å². The van der Waals surface area contributed by atoms with E-state index in [1.54, 1.807) is 12.1 Å². The van der Waals surface area contributed by atoms with Gasteiger partial charge in [0.2, 0.25) is 5.91 Å². The van der Waals surface area contributed by atoms with Gasteiger partial charge in [0, 0.05) is 31.2 Å². The summed E-state index contributed by atoms with van der Waals surface area (Å²) in [7, 11) is 0. The second-order valence-corrected chi connectivity index (χ2v) is 10.7. The molecule has 200 valence electrons. The zero-order valence-electron chi connectivity index (χ0n) is 21.8. The Morgan fingerprint density at radius 2 is 1.78 bits per heavy atom. The van der Waals surface area contributed by atoms with Crippen LogP contribution in [0.1, 0.15) is 73.9 Å². The molecule has 0 unspecified atom stereocenters. The maximum Gasteiger partial charge on any atom is 0.322 e. The molecule has 37 heavy (non-hydrogen) atoms. The van der Waals surface area contributed by atoms with Crippen molar-refractivity contribution in [1.82, 2.24) is 10.2 Å². The molecule has 2 N–H and O–H groups in total. The minimum Gasteiger partial charge on any atom is -0.480 e. The third kappa shape index (κ3) is 7.22. The zero-order valence-corrected chi connectivity index (χ0v) is 21.8. The highest BCUT2D eigenvalue weighted by Crippen LogP contribution is 2.42. The average molecular weight is 510 g/mol. The van der Waals surface area contributed by atoms with Crippen LogP contribution in [-0.4, -0.2) is 60.0 Å². The van der Waals surface area contributed by atoms with Crippen molar-refractivity contribution in [2.24, 2.45) is 5.41 Å². The average Bonchev–Trinajstić information content (AvgIpc) is 3.44. The van der Waals surface area contributed by atoms with Crippen LogP contribution in [0.3, 0.4) is 0 Å². The van der Waals surface area contributed by atoms with Gasteiger partial charge in [0.25, 0.3) is 5.91 Å². The molecule has 8 heteroatoms. The highest BCUT2D eigenvalue weighted by molar-refractivity contribution is 6.04. The lowest BCUT2D eigenvalue weighted by Gasteiger charge is -2.41. The van der Waals surface area contributed by atoms with Crippen molar-refractivity contribution in [3.63, 3.8) is 0 Å². The Bertz CT molecular complexity index is 1040. The van der Waals surface area contributed by atoms with Gasteiger partial charge in [-0.1, -0.05) is 37.0 Å². The zero-order chi connectivity index (χ0) is 26.3. The Labute approximate surface area is 219 Å². The highest BCUT2D eigenvalue weighted by Gasteiger charge is 2.36. The maximum atomic E-state index is 13.4. The molecule has 0 atom stereocenters. The van der Waals surface area contributed by atoms with Crippen molar-refractivity contribution in [3.8, 4) is 0 Å². The molecule has 2 heterocycles. The molecule has 0 spiro atoms. The minimum absolute atomic E-state index is 0.0547. The van der Waals surface area contributed by atoms with Crippen LogP contribution in [0, 0.1) is 12.3 Å². The van der Waals surface area contributed by atoms with E-state index in [9.17, 15) is 14.4 Å². The number of anilines is 1. The van der Waals surface area contributed by atoms with E-state index in [-0.39, 0.29) is 29.8 Å². The van der Waals surface area contributed by atoms with Gasteiger partial charge in [-0.05, 0) is 75.3 Å². The second-order valence-electron chi connectivity index (χ2n) is 10.7. The van der Waals surface area contributed by atoms with E-state index in [1.807, 2.05) is 36.1 Å². The van der Waals surface area contributed by atoms with Crippen LogP contribution in [0.4, 0.5) is 5.69 Å². The molecule has 2 aromatic rings. The molecule has 1 aromatic heterocycles. The van der Waals surface area contributed by atoms with Gasteiger partial charge in [-0.15, -0.1) is 0 Å². The third-order valence-electron chi connectivity index (χ3n) is 8.03. The summed E-state index contributed by atoms with van der Waals surface area (Å²) in [5.74, 6) is -0.934. The van der Waals surface area contributed by atoms with Crippen LogP contribution in [0.25, 0.3) is 0 Å². The number of carbonyl (C=O) groups excluding carboxylic acids is 2. The summed E-state index contributed by atoms with van der Waals surface area (Å²) in [6.07, 6.45) is 10.1. The van der Waals surface area contributed by atoms with Gasteiger partial charge in [-0.2, -0.15) is 0 Å². The van der Waals surface area contributed by atoms with Crippen molar-refractivity contribution in [2.75, 3.05) is 31.1 Å². The fraction of sp³-hybridized carbons (Fsp3) is 0.552. The normalized spacial score (nSPS) is 18.3. The van der Waals surface area contributed by atoms with E-state index in [0.29, 0.717) is 12.2 Å². The Kier molecular flexibility index (Phi) is 9.03. The Balaban J connectivity index is 1.37. The molecule has 0 radical (unpaired) electrons. The number of carbonyl (C=O) groups is 3. The molecule has 2 aliphatic rings. The van der Waals surface area contributed by atoms with E-state index < -0.39 is 5.97 Å². The van der Waals surface area contributed by atoms with Gasteiger partial charge >= 0.3 is 5.97 Å². The largest absolute Gasteiger partial charge is 0.480 e. The third-order valence-corrected chi connectivity index (χ3v) is 8.03. The Morgan fingerprint density at radius 3 is 2.41 bits per heavy atom. The maximum absolute atomic E-state index is 13.4.